The number of aryl methyl sites for hydroxylation is 1. The van der Waals surface area contributed by atoms with Gasteiger partial charge in [0.15, 0.2) is 0 Å². The van der Waals surface area contributed by atoms with Crippen LogP contribution in [-0.2, 0) is 11.2 Å². The minimum Gasteiger partial charge on any atom is -0.497 e. The highest BCUT2D eigenvalue weighted by Crippen LogP contribution is 2.13. The lowest BCUT2D eigenvalue weighted by atomic mass is 10.1. The average Bonchev–Trinajstić information content (AvgIpc) is 2.57. The number of carbonyl (C=O) groups is 1. The first-order valence-corrected chi connectivity index (χ1v) is 7.65. The molecule has 1 amide bonds. The van der Waals surface area contributed by atoms with Crippen molar-refractivity contribution in [1.82, 2.24) is 4.90 Å². The van der Waals surface area contributed by atoms with Gasteiger partial charge in [-0.25, -0.2) is 0 Å². The molecule has 0 bridgehead atoms. The van der Waals surface area contributed by atoms with E-state index in [4.69, 9.17) is 9.47 Å². The zero-order valence-electron chi connectivity index (χ0n) is 13.9. The molecule has 0 aromatic heterocycles. The molecule has 0 saturated heterocycles. The Balaban J connectivity index is 1.76. The molecule has 4 heteroatoms. The monoisotopic (exact) mass is 313 g/mol. The number of likely N-dealkylation sites (N-methyl/N-ethyl adjacent to an activating group) is 1. The smallest absolute Gasteiger partial charge is 0.226 e. The van der Waals surface area contributed by atoms with E-state index in [9.17, 15) is 4.79 Å². The van der Waals surface area contributed by atoms with Gasteiger partial charge in [0.2, 0.25) is 5.91 Å². The van der Waals surface area contributed by atoms with Crippen molar-refractivity contribution < 1.29 is 14.3 Å². The molecule has 0 unspecified atom stereocenters. The maximum Gasteiger partial charge on any atom is 0.226 e. The zero-order valence-corrected chi connectivity index (χ0v) is 13.9. The van der Waals surface area contributed by atoms with Gasteiger partial charge in [0.25, 0.3) is 0 Å². The number of carbonyl (C=O) groups excluding carboxylic acids is 1. The summed E-state index contributed by atoms with van der Waals surface area (Å²) in [6.45, 7) is 3.08. The first-order valence-electron chi connectivity index (χ1n) is 7.65. The predicted molar refractivity (Wildman–Crippen MR) is 91.0 cm³/mol. The first-order chi connectivity index (χ1) is 11.1. The lowest BCUT2D eigenvalue weighted by Crippen LogP contribution is -2.32. The fraction of sp³-hybridized carbons (Fsp3) is 0.316. The Hall–Kier alpha value is -2.49. The molecule has 0 aliphatic rings. The molecule has 2 aromatic carbocycles. The summed E-state index contributed by atoms with van der Waals surface area (Å²) in [7, 11) is 3.42. The second kappa shape index (κ2) is 8.22. The normalized spacial score (nSPS) is 10.2. The van der Waals surface area contributed by atoms with Gasteiger partial charge in [-0.1, -0.05) is 29.8 Å². The van der Waals surface area contributed by atoms with Crippen LogP contribution in [0, 0.1) is 6.92 Å². The molecule has 2 rings (SSSR count). The minimum absolute atomic E-state index is 0.0719. The first kappa shape index (κ1) is 16.9. The van der Waals surface area contributed by atoms with Crippen LogP contribution in [0.25, 0.3) is 0 Å². The van der Waals surface area contributed by atoms with Crippen molar-refractivity contribution in [3.8, 4) is 11.5 Å². The molecule has 0 fully saturated rings. The summed E-state index contributed by atoms with van der Waals surface area (Å²) in [6, 6.07) is 15.4. The minimum atomic E-state index is 0.0719. The van der Waals surface area contributed by atoms with E-state index in [0.717, 1.165) is 17.1 Å². The number of nitrogens with zero attached hydrogens (tertiary/aromatic N) is 1. The van der Waals surface area contributed by atoms with Gasteiger partial charge < -0.3 is 14.4 Å². The average molecular weight is 313 g/mol. The van der Waals surface area contributed by atoms with Crippen molar-refractivity contribution in [2.45, 2.75) is 13.3 Å². The Kier molecular flexibility index (Phi) is 6.03. The van der Waals surface area contributed by atoms with E-state index in [1.165, 1.54) is 5.56 Å². The highest BCUT2D eigenvalue weighted by Gasteiger charge is 2.10. The van der Waals surface area contributed by atoms with Crippen LogP contribution in [0.2, 0.25) is 0 Å². The van der Waals surface area contributed by atoms with Gasteiger partial charge in [-0.05, 0) is 36.8 Å². The molecule has 0 N–H and O–H groups in total. The van der Waals surface area contributed by atoms with Crippen molar-refractivity contribution in [2.24, 2.45) is 0 Å². The Labute approximate surface area is 137 Å². The van der Waals surface area contributed by atoms with Crippen LogP contribution in [0.15, 0.2) is 48.5 Å². The molecule has 23 heavy (non-hydrogen) atoms. The van der Waals surface area contributed by atoms with E-state index in [-0.39, 0.29) is 5.91 Å². The molecule has 122 valence electrons. The lowest BCUT2D eigenvalue weighted by Gasteiger charge is -2.17. The fourth-order valence-corrected chi connectivity index (χ4v) is 2.11. The van der Waals surface area contributed by atoms with E-state index < -0.39 is 0 Å². The summed E-state index contributed by atoms with van der Waals surface area (Å²) in [5.41, 5.74) is 2.17. The molecule has 0 atom stereocenters. The van der Waals surface area contributed by atoms with Crippen LogP contribution in [0.5, 0.6) is 11.5 Å². The number of amides is 1. The van der Waals surface area contributed by atoms with Gasteiger partial charge in [-0.2, -0.15) is 0 Å². The molecular weight excluding hydrogens is 290 g/mol. The Morgan fingerprint density at radius 1 is 1.00 bits per heavy atom. The van der Waals surface area contributed by atoms with Gasteiger partial charge in [-0.3, -0.25) is 4.79 Å². The Morgan fingerprint density at radius 3 is 2.22 bits per heavy atom. The van der Waals surface area contributed by atoms with E-state index in [1.807, 2.05) is 55.5 Å². The van der Waals surface area contributed by atoms with Crippen LogP contribution < -0.4 is 9.47 Å². The van der Waals surface area contributed by atoms with Crippen LogP contribution in [0.4, 0.5) is 0 Å². The Bertz CT molecular complexity index is 620. The third kappa shape index (κ3) is 5.33. The summed E-state index contributed by atoms with van der Waals surface area (Å²) in [5.74, 6) is 1.69. The fourth-order valence-electron chi connectivity index (χ4n) is 2.11. The van der Waals surface area contributed by atoms with Crippen molar-refractivity contribution in [2.75, 3.05) is 27.3 Å². The van der Waals surface area contributed by atoms with Gasteiger partial charge in [-0.15, -0.1) is 0 Å². The molecule has 0 heterocycles. The van der Waals surface area contributed by atoms with Crippen molar-refractivity contribution in [3.63, 3.8) is 0 Å². The largest absolute Gasteiger partial charge is 0.497 e. The summed E-state index contributed by atoms with van der Waals surface area (Å²) in [6.07, 6.45) is 0.380. The highest BCUT2D eigenvalue weighted by atomic mass is 16.5. The van der Waals surface area contributed by atoms with Gasteiger partial charge in [0.05, 0.1) is 20.1 Å². The van der Waals surface area contributed by atoms with Crippen LogP contribution in [0.3, 0.4) is 0 Å². The number of hydrogen-bond acceptors (Lipinski definition) is 3. The van der Waals surface area contributed by atoms with Crippen LogP contribution >= 0.6 is 0 Å². The number of ether oxygens (including phenoxy) is 2. The maximum absolute atomic E-state index is 12.2. The van der Waals surface area contributed by atoms with Gasteiger partial charge >= 0.3 is 0 Å². The maximum atomic E-state index is 12.2. The standard InChI is InChI=1S/C19H23NO3/c1-15-4-8-18(9-5-15)23-13-12-20(2)19(21)14-16-6-10-17(22-3)11-7-16/h4-11H,12-14H2,1-3H3. The lowest BCUT2D eigenvalue weighted by molar-refractivity contribution is -0.129. The second-order valence-corrected chi connectivity index (χ2v) is 5.50. The van der Waals surface area contributed by atoms with Crippen molar-refractivity contribution in [3.05, 3.63) is 59.7 Å². The molecule has 0 aliphatic heterocycles. The third-order valence-electron chi connectivity index (χ3n) is 3.66. The molecular formula is C19H23NO3. The van der Waals surface area contributed by atoms with Crippen LogP contribution in [0.1, 0.15) is 11.1 Å². The van der Waals surface area contributed by atoms with E-state index in [2.05, 4.69) is 0 Å². The SMILES string of the molecule is COc1ccc(CC(=O)N(C)CCOc2ccc(C)cc2)cc1. The third-order valence-corrected chi connectivity index (χ3v) is 3.66. The van der Waals surface area contributed by atoms with Crippen molar-refractivity contribution in [1.29, 1.82) is 0 Å². The number of methoxy groups -OCH3 is 1. The van der Waals surface area contributed by atoms with Gasteiger partial charge in [0.1, 0.15) is 18.1 Å². The molecule has 4 nitrogen and oxygen atoms in total. The molecule has 2 aromatic rings. The van der Waals surface area contributed by atoms with E-state index in [0.29, 0.717) is 19.6 Å². The Morgan fingerprint density at radius 2 is 1.61 bits per heavy atom. The summed E-state index contributed by atoms with van der Waals surface area (Å²) in [5, 5.41) is 0. The van der Waals surface area contributed by atoms with Gasteiger partial charge in [0, 0.05) is 7.05 Å². The summed E-state index contributed by atoms with van der Waals surface area (Å²) >= 11 is 0. The highest BCUT2D eigenvalue weighted by molar-refractivity contribution is 5.78. The molecule has 0 saturated carbocycles. The van der Waals surface area contributed by atoms with E-state index >= 15 is 0 Å². The summed E-state index contributed by atoms with van der Waals surface area (Å²) in [4.78, 5) is 13.9. The quantitative estimate of drug-likeness (QED) is 0.788. The zero-order chi connectivity index (χ0) is 16.7. The number of rotatable bonds is 7. The molecule has 0 aliphatic carbocycles. The molecule has 0 spiro atoms. The summed E-state index contributed by atoms with van der Waals surface area (Å²) < 4.78 is 10.8. The predicted octanol–water partition coefficient (Wildman–Crippen LogP) is 3.08. The number of hydrogen-bond donors (Lipinski definition) is 0. The number of benzene rings is 2. The second-order valence-electron chi connectivity index (χ2n) is 5.50. The van der Waals surface area contributed by atoms with E-state index in [1.54, 1.807) is 19.1 Å². The van der Waals surface area contributed by atoms with Crippen LogP contribution in [-0.4, -0.2) is 38.1 Å². The van der Waals surface area contributed by atoms with Crippen molar-refractivity contribution >= 4 is 5.91 Å². The molecule has 0 radical (unpaired) electrons. The topological polar surface area (TPSA) is 38.8 Å².